The molecular weight excluding hydrogens is 216 g/mol. The van der Waals surface area contributed by atoms with E-state index in [-0.39, 0.29) is 0 Å². The van der Waals surface area contributed by atoms with Crippen LogP contribution in [0, 0.1) is 0 Å². The van der Waals surface area contributed by atoms with E-state index in [1.807, 2.05) is 39.0 Å². The van der Waals surface area contributed by atoms with E-state index in [1.54, 1.807) is 19.2 Å². The van der Waals surface area contributed by atoms with Gasteiger partial charge in [-0.05, 0) is 32.9 Å². The highest BCUT2D eigenvalue weighted by atomic mass is 16.2. The van der Waals surface area contributed by atoms with Crippen LogP contribution < -0.4 is 10.2 Å². The molecule has 0 radical (unpaired) electrons. The second-order valence-corrected chi connectivity index (χ2v) is 4.90. The molecule has 4 nitrogen and oxygen atoms in total. The van der Waals surface area contributed by atoms with Crippen LogP contribution in [0.4, 0.5) is 5.69 Å². The van der Waals surface area contributed by atoms with E-state index in [1.165, 1.54) is 4.90 Å². The molecule has 92 valence electrons. The number of rotatable bonds is 1. The van der Waals surface area contributed by atoms with Crippen molar-refractivity contribution < 1.29 is 9.59 Å². The predicted molar refractivity (Wildman–Crippen MR) is 67.7 cm³/mol. The number of para-hydroxylation sites is 1. The number of carbonyl (C=O) groups excluding carboxylic acids is 2. The topological polar surface area (TPSA) is 49.4 Å². The van der Waals surface area contributed by atoms with E-state index >= 15 is 0 Å². The number of likely N-dealkylation sites (N-methyl/N-ethyl adjacent to an activating group) is 1. The Hall–Kier alpha value is -1.84. The first-order chi connectivity index (χ1) is 7.81. The molecule has 4 heteroatoms. The van der Waals surface area contributed by atoms with Crippen LogP contribution >= 0.6 is 0 Å². The number of anilines is 1. The Morgan fingerprint density at radius 3 is 2.12 bits per heavy atom. The molecular formula is C13H18N2O2. The van der Waals surface area contributed by atoms with Crippen molar-refractivity contribution in [2.45, 2.75) is 26.3 Å². The number of carbonyl (C=O) groups is 2. The fourth-order valence-corrected chi connectivity index (χ4v) is 1.32. The summed E-state index contributed by atoms with van der Waals surface area (Å²) in [6.45, 7) is 5.50. The lowest BCUT2D eigenvalue weighted by Gasteiger charge is -2.22. The van der Waals surface area contributed by atoms with Crippen molar-refractivity contribution in [3.05, 3.63) is 30.3 Å². The Bertz CT molecular complexity index is 407. The van der Waals surface area contributed by atoms with Gasteiger partial charge >= 0.3 is 11.8 Å². The highest BCUT2D eigenvalue weighted by Gasteiger charge is 2.23. The largest absolute Gasteiger partial charge is 0.343 e. The van der Waals surface area contributed by atoms with Crippen molar-refractivity contribution in [3.63, 3.8) is 0 Å². The van der Waals surface area contributed by atoms with E-state index in [0.29, 0.717) is 5.69 Å². The zero-order valence-electron chi connectivity index (χ0n) is 10.7. The lowest BCUT2D eigenvalue weighted by Crippen LogP contribution is -2.48. The minimum absolute atomic E-state index is 0.412. The smallest absolute Gasteiger partial charge is 0.316 e. The summed E-state index contributed by atoms with van der Waals surface area (Å²) < 4.78 is 0. The van der Waals surface area contributed by atoms with Crippen molar-refractivity contribution in [2.75, 3.05) is 11.9 Å². The molecule has 0 aliphatic heterocycles. The lowest BCUT2D eigenvalue weighted by molar-refractivity contribution is -0.138. The third kappa shape index (κ3) is 3.90. The van der Waals surface area contributed by atoms with Crippen molar-refractivity contribution in [3.8, 4) is 0 Å². The molecule has 0 fully saturated rings. The van der Waals surface area contributed by atoms with Gasteiger partial charge in [-0.2, -0.15) is 0 Å². The van der Waals surface area contributed by atoms with Gasteiger partial charge in [0.15, 0.2) is 0 Å². The van der Waals surface area contributed by atoms with E-state index < -0.39 is 17.4 Å². The van der Waals surface area contributed by atoms with E-state index in [0.717, 1.165) is 0 Å². The van der Waals surface area contributed by atoms with Crippen molar-refractivity contribution in [1.82, 2.24) is 5.32 Å². The van der Waals surface area contributed by atoms with Crippen LogP contribution in [-0.4, -0.2) is 24.4 Å². The Morgan fingerprint density at radius 1 is 1.12 bits per heavy atom. The van der Waals surface area contributed by atoms with Gasteiger partial charge in [-0.25, -0.2) is 0 Å². The number of hydrogen-bond donors (Lipinski definition) is 1. The van der Waals surface area contributed by atoms with Gasteiger partial charge in [-0.3, -0.25) is 9.59 Å². The fourth-order valence-electron chi connectivity index (χ4n) is 1.32. The first-order valence-electron chi connectivity index (χ1n) is 5.46. The number of nitrogens with one attached hydrogen (secondary N) is 1. The summed E-state index contributed by atoms with van der Waals surface area (Å²) in [5.74, 6) is -1.16. The van der Waals surface area contributed by atoms with Gasteiger partial charge in [0, 0.05) is 18.3 Å². The summed E-state index contributed by atoms with van der Waals surface area (Å²) in [7, 11) is 1.58. The zero-order chi connectivity index (χ0) is 13.1. The van der Waals surface area contributed by atoms with E-state index in [2.05, 4.69) is 5.32 Å². The molecule has 0 saturated carbocycles. The number of hydrogen-bond acceptors (Lipinski definition) is 2. The van der Waals surface area contributed by atoms with Crippen LogP contribution in [-0.2, 0) is 9.59 Å². The summed E-state index contributed by atoms with van der Waals surface area (Å²) in [6.07, 6.45) is 0. The lowest BCUT2D eigenvalue weighted by atomic mass is 10.1. The second-order valence-electron chi connectivity index (χ2n) is 4.90. The Balaban J connectivity index is 2.74. The molecule has 0 bridgehead atoms. The van der Waals surface area contributed by atoms with Gasteiger partial charge in [0.25, 0.3) is 0 Å². The number of amides is 2. The molecule has 0 saturated heterocycles. The van der Waals surface area contributed by atoms with Crippen LogP contribution in [0.3, 0.4) is 0 Å². The summed E-state index contributed by atoms with van der Waals surface area (Å²) in [5.41, 5.74) is 0.283. The molecule has 0 atom stereocenters. The number of nitrogens with zero attached hydrogens (tertiary/aromatic N) is 1. The Labute approximate surface area is 102 Å². The van der Waals surface area contributed by atoms with Crippen LogP contribution in [0.1, 0.15) is 20.8 Å². The molecule has 1 aromatic carbocycles. The Kier molecular flexibility index (Phi) is 3.89. The fraction of sp³-hybridized carbons (Fsp3) is 0.385. The molecule has 0 aromatic heterocycles. The monoisotopic (exact) mass is 234 g/mol. The maximum Gasteiger partial charge on any atom is 0.316 e. The van der Waals surface area contributed by atoms with Crippen molar-refractivity contribution in [2.24, 2.45) is 0 Å². The molecule has 17 heavy (non-hydrogen) atoms. The predicted octanol–water partition coefficient (Wildman–Crippen LogP) is 1.56. The number of benzene rings is 1. The highest BCUT2D eigenvalue weighted by Crippen LogP contribution is 2.11. The van der Waals surface area contributed by atoms with E-state index in [9.17, 15) is 9.59 Å². The molecule has 1 N–H and O–H groups in total. The van der Waals surface area contributed by atoms with Gasteiger partial charge < -0.3 is 10.2 Å². The average molecular weight is 234 g/mol. The second kappa shape index (κ2) is 4.99. The quantitative estimate of drug-likeness (QED) is 0.750. The third-order valence-corrected chi connectivity index (χ3v) is 2.13. The summed E-state index contributed by atoms with van der Waals surface area (Å²) in [4.78, 5) is 24.8. The molecule has 0 heterocycles. The maximum atomic E-state index is 11.8. The zero-order valence-corrected chi connectivity index (χ0v) is 10.7. The third-order valence-electron chi connectivity index (χ3n) is 2.13. The first-order valence-corrected chi connectivity index (χ1v) is 5.46. The molecule has 0 aliphatic rings. The highest BCUT2D eigenvalue weighted by molar-refractivity contribution is 6.40. The van der Waals surface area contributed by atoms with Crippen molar-refractivity contribution in [1.29, 1.82) is 0 Å². The maximum absolute atomic E-state index is 11.8. The van der Waals surface area contributed by atoms with Gasteiger partial charge in [0.2, 0.25) is 0 Å². The normalized spacial score (nSPS) is 10.8. The summed E-state index contributed by atoms with van der Waals surface area (Å²) in [6, 6.07) is 9.06. The minimum atomic E-state index is -0.594. The molecule has 1 aromatic rings. The molecule has 2 amide bonds. The van der Waals surface area contributed by atoms with Crippen molar-refractivity contribution >= 4 is 17.5 Å². The molecule has 0 aliphatic carbocycles. The molecule has 1 rings (SSSR count). The van der Waals surface area contributed by atoms with Gasteiger partial charge in [0.1, 0.15) is 0 Å². The molecule has 0 unspecified atom stereocenters. The standard InChI is InChI=1S/C13H18N2O2/c1-13(2,3)14-11(16)12(17)15(4)10-8-6-5-7-9-10/h5-9H,1-4H3,(H,14,16). The van der Waals surface area contributed by atoms with Gasteiger partial charge in [-0.15, -0.1) is 0 Å². The van der Waals surface area contributed by atoms with Crippen LogP contribution in [0.5, 0.6) is 0 Å². The Morgan fingerprint density at radius 2 is 1.65 bits per heavy atom. The van der Waals surface area contributed by atoms with Gasteiger partial charge in [0.05, 0.1) is 0 Å². The van der Waals surface area contributed by atoms with Crippen LogP contribution in [0.25, 0.3) is 0 Å². The van der Waals surface area contributed by atoms with Crippen LogP contribution in [0.15, 0.2) is 30.3 Å². The van der Waals surface area contributed by atoms with Crippen LogP contribution in [0.2, 0.25) is 0 Å². The van der Waals surface area contributed by atoms with E-state index in [4.69, 9.17) is 0 Å². The minimum Gasteiger partial charge on any atom is -0.343 e. The first kappa shape index (κ1) is 13.2. The van der Waals surface area contributed by atoms with Gasteiger partial charge in [-0.1, -0.05) is 18.2 Å². The SMILES string of the molecule is CN(C(=O)C(=O)NC(C)(C)C)c1ccccc1. The summed E-state index contributed by atoms with van der Waals surface area (Å²) >= 11 is 0. The molecule has 0 spiro atoms. The summed E-state index contributed by atoms with van der Waals surface area (Å²) in [5, 5.41) is 2.64. The average Bonchev–Trinajstić information content (AvgIpc) is 2.26.